The van der Waals surface area contributed by atoms with Gasteiger partial charge in [0.2, 0.25) is 11.8 Å². The Labute approximate surface area is 107 Å². The molecule has 4 heteroatoms. The van der Waals surface area contributed by atoms with E-state index in [1.54, 1.807) is 4.90 Å². The summed E-state index contributed by atoms with van der Waals surface area (Å²) >= 11 is 0. The lowest BCUT2D eigenvalue weighted by molar-refractivity contribution is -0.130. The van der Waals surface area contributed by atoms with Crippen molar-refractivity contribution in [2.75, 3.05) is 13.1 Å². The predicted molar refractivity (Wildman–Crippen MR) is 69.0 cm³/mol. The van der Waals surface area contributed by atoms with E-state index < -0.39 is 0 Å². The number of nitrogens with one attached hydrogen (secondary N) is 1. The topological polar surface area (TPSA) is 49.4 Å². The fourth-order valence-electron chi connectivity index (χ4n) is 2.03. The molecule has 0 atom stereocenters. The van der Waals surface area contributed by atoms with E-state index in [-0.39, 0.29) is 18.4 Å². The van der Waals surface area contributed by atoms with E-state index in [4.69, 9.17) is 0 Å². The van der Waals surface area contributed by atoms with Crippen molar-refractivity contribution in [3.63, 3.8) is 0 Å². The first-order valence-electron chi connectivity index (χ1n) is 6.17. The highest BCUT2D eigenvalue weighted by Crippen LogP contribution is 2.13. The molecule has 1 heterocycles. The molecule has 0 bridgehead atoms. The third-order valence-corrected chi connectivity index (χ3v) is 3.34. The molecule has 1 aliphatic heterocycles. The molecule has 18 heavy (non-hydrogen) atoms. The standard InChI is InChI=1S/C14H18N2O2/c1-10-3-4-12(7-11(10)2)9-16-6-5-13(17)15-8-14(16)18/h3-4,7H,5-6,8-9H2,1-2H3,(H,15,17). The fourth-order valence-corrected chi connectivity index (χ4v) is 2.03. The van der Waals surface area contributed by atoms with Crippen LogP contribution in [0.5, 0.6) is 0 Å². The number of nitrogens with zero attached hydrogens (tertiary/aromatic N) is 1. The quantitative estimate of drug-likeness (QED) is 0.851. The molecule has 1 aromatic rings. The average molecular weight is 246 g/mol. The van der Waals surface area contributed by atoms with Gasteiger partial charge in [0.05, 0.1) is 6.54 Å². The van der Waals surface area contributed by atoms with Gasteiger partial charge in [-0.1, -0.05) is 18.2 Å². The summed E-state index contributed by atoms with van der Waals surface area (Å²) in [5.41, 5.74) is 3.59. The van der Waals surface area contributed by atoms with Crippen molar-refractivity contribution in [3.05, 3.63) is 34.9 Å². The molecule has 1 aliphatic rings. The number of rotatable bonds is 2. The molecule has 1 aromatic carbocycles. The Kier molecular flexibility index (Phi) is 3.65. The Morgan fingerprint density at radius 1 is 1.22 bits per heavy atom. The van der Waals surface area contributed by atoms with Crippen molar-refractivity contribution < 1.29 is 9.59 Å². The number of carbonyl (C=O) groups is 2. The summed E-state index contributed by atoms with van der Waals surface area (Å²) in [5, 5.41) is 2.60. The monoisotopic (exact) mass is 246 g/mol. The van der Waals surface area contributed by atoms with Gasteiger partial charge in [-0.05, 0) is 30.5 Å². The first-order valence-corrected chi connectivity index (χ1v) is 6.17. The minimum absolute atomic E-state index is 0.0147. The van der Waals surface area contributed by atoms with E-state index in [0.29, 0.717) is 19.5 Å². The maximum atomic E-state index is 11.8. The SMILES string of the molecule is Cc1ccc(CN2CCC(=O)NCC2=O)cc1C. The van der Waals surface area contributed by atoms with Crippen molar-refractivity contribution in [2.24, 2.45) is 0 Å². The summed E-state index contributed by atoms with van der Waals surface area (Å²) in [6, 6.07) is 6.20. The van der Waals surface area contributed by atoms with E-state index in [9.17, 15) is 9.59 Å². The van der Waals surface area contributed by atoms with Gasteiger partial charge in [-0.2, -0.15) is 0 Å². The lowest BCUT2D eigenvalue weighted by Crippen LogP contribution is -2.34. The number of amides is 2. The van der Waals surface area contributed by atoms with E-state index in [1.807, 2.05) is 6.07 Å². The molecule has 0 saturated carbocycles. The molecule has 0 radical (unpaired) electrons. The summed E-state index contributed by atoms with van der Waals surface area (Å²) in [6.07, 6.45) is 0.385. The Morgan fingerprint density at radius 2 is 2.00 bits per heavy atom. The molecule has 0 aromatic heterocycles. The number of benzene rings is 1. The molecule has 1 fully saturated rings. The first-order chi connectivity index (χ1) is 8.56. The van der Waals surface area contributed by atoms with Gasteiger partial charge in [0, 0.05) is 19.5 Å². The molecule has 0 unspecified atom stereocenters. The third-order valence-electron chi connectivity index (χ3n) is 3.34. The fraction of sp³-hybridized carbons (Fsp3) is 0.429. The molecule has 1 N–H and O–H groups in total. The van der Waals surface area contributed by atoms with E-state index >= 15 is 0 Å². The minimum atomic E-state index is -0.0501. The van der Waals surface area contributed by atoms with Crippen LogP contribution in [0.3, 0.4) is 0 Å². The number of carbonyl (C=O) groups excluding carboxylic acids is 2. The van der Waals surface area contributed by atoms with Crippen molar-refractivity contribution >= 4 is 11.8 Å². The van der Waals surface area contributed by atoms with Crippen molar-refractivity contribution in [1.82, 2.24) is 10.2 Å². The zero-order chi connectivity index (χ0) is 13.1. The van der Waals surface area contributed by atoms with Crippen LogP contribution in [0.15, 0.2) is 18.2 Å². The molecule has 96 valence electrons. The summed E-state index contributed by atoms with van der Waals surface area (Å²) in [4.78, 5) is 24.8. The second-order valence-electron chi connectivity index (χ2n) is 4.76. The Bertz CT molecular complexity index is 483. The van der Waals surface area contributed by atoms with Crippen LogP contribution < -0.4 is 5.32 Å². The van der Waals surface area contributed by atoms with E-state index in [1.165, 1.54) is 11.1 Å². The highest BCUT2D eigenvalue weighted by atomic mass is 16.2. The van der Waals surface area contributed by atoms with E-state index in [2.05, 4.69) is 31.3 Å². The van der Waals surface area contributed by atoms with Crippen LogP contribution in [-0.2, 0) is 16.1 Å². The Morgan fingerprint density at radius 3 is 2.72 bits per heavy atom. The van der Waals surface area contributed by atoms with Gasteiger partial charge in [0.1, 0.15) is 0 Å². The smallest absolute Gasteiger partial charge is 0.242 e. The Hall–Kier alpha value is -1.84. The van der Waals surface area contributed by atoms with Gasteiger partial charge in [0.15, 0.2) is 0 Å². The van der Waals surface area contributed by atoms with Crippen LogP contribution in [-0.4, -0.2) is 29.8 Å². The summed E-state index contributed by atoms with van der Waals surface area (Å²) in [5.74, 6) is -0.0648. The molecule has 0 spiro atoms. The second-order valence-corrected chi connectivity index (χ2v) is 4.76. The highest BCUT2D eigenvalue weighted by Gasteiger charge is 2.19. The maximum absolute atomic E-state index is 11.8. The molecular formula is C14H18N2O2. The largest absolute Gasteiger partial charge is 0.347 e. The lowest BCUT2D eigenvalue weighted by Gasteiger charge is -2.20. The predicted octanol–water partition coefficient (Wildman–Crippen LogP) is 1.15. The van der Waals surface area contributed by atoms with Gasteiger partial charge >= 0.3 is 0 Å². The Balaban J connectivity index is 2.09. The lowest BCUT2D eigenvalue weighted by atomic mass is 10.1. The second kappa shape index (κ2) is 5.21. The first kappa shape index (κ1) is 12.6. The molecule has 0 aliphatic carbocycles. The van der Waals surface area contributed by atoms with Crippen LogP contribution in [0.1, 0.15) is 23.1 Å². The van der Waals surface area contributed by atoms with Crippen molar-refractivity contribution in [3.8, 4) is 0 Å². The maximum Gasteiger partial charge on any atom is 0.242 e. The van der Waals surface area contributed by atoms with Crippen LogP contribution in [0.4, 0.5) is 0 Å². The normalized spacial score (nSPS) is 16.4. The van der Waals surface area contributed by atoms with Crippen LogP contribution in [0, 0.1) is 13.8 Å². The van der Waals surface area contributed by atoms with Gasteiger partial charge in [-0.3, -0.25) is 9.59 Å². The molecule has 1 saturated heterocycles. The van der Waals surface area contributed by atoms with Crippen molar-refractivity contribution in [1.29, 1.82) is 0 Å². The molecule has 4 nitrogen and oxygen atoms in total. The van der Waals surface area contributed by atoms with Gasteiger partial charge < -0.3 is 10.2 Å². The van der Waals surface area contributed by atoms with E-state index in [0.717, 1.165) is 5.56 Å². The van der Waals surface area contributed by atoms with Gasteiger partial charge in [-0.15, -0.1) is 0 Å². The summed E-state index contributed by atoms with van der Waals surface area (Å²) in [6.45, 7) is 5.32. The third kappa shape index (κ3) is 2.88. The number of hydrogen-bond donors (Lipinski definition) is 1. The molecule has 2 amide bonds. The van der Waals surface area contributed by atoms with Crippen LogP contribution >= 0.6 is 0 Å². The zero-order valence-corrected chi connectivity index (χ0v) is 10.8. The van der Waals surface area contributed by atoms with Crippen molar-refractivity contribution in [2.45, 2.75) is 26.8 Å². The summed E-state index contributed by atoms with van der Waals surface area (Å²) in [7, 11) is 0. The van der Waals surface area contributed by atoms with Gasteiger partial charge in [-0.25, -0.2) is 0 Å². The van der Waals surface area contributed by atoms with Crippen LogP contribution in [0.25, 0.3) is 0 Å². The molecular weight excluding hydrogens is 228 g/mol. The summed E-state index contributed by atoms with van der Waals surface area (Å²) < 4.78 is 0. The minimum Gasteiger partial charge on any atom is -0.347 e. The van der Waals surface area contributed by atoms with Gasteiger partial charge in [0.25, 0.3) is 0 Å². The number of hydrogen-bond acceptors (Lipinski definition) is 2. The average Bonchev–Trinajstić information content (AvgIpc) is 2.49. The zero-order valence-electron chi connectivity index (χ0n) is 10.8. The number of aryl methyl sites for hydroxylation is 2. The van der Waals surface area contributed by atoms with Crippen LogP contribution in [0.2, 0.25) is 0 Å². The highest BCUT2D eigenvalue weighted by molar-refractivity contribution is 5.87. The molecule has 2 rings (SSSR count).